The molecule has 0 aliphatic carbocycles. The Morgan fingerprint density at radius 1 is 1.35 bits per heavy atom. The zero-order valence-electron chi connectivity index (χ0n) is 9.85. The first-order valence-electron chi connectivity index (χ1n) is 5.68. The van der Waals surface area contributed by atoms with Crippen molar-refractivity contribution >= 4 is 16.7 Å². The molecule has 2 aromatic rings. The highest BCUT2D eigenvalue weighted by Gasteiger charge is 2.06. The molecule has 0 fully saturated rings. The van der Waals surface area contributed by atoms with E-state index in [1.54, 1.807) is 13.3 Å². The van der Waals surface area contributed by atoms with E-state index in [2.05, 4.69) is 4.98 Å². The summed E-state index contributed by atoms with van der Waals surface area (Å²) < 4.78 is 4.94. The zero-order valence-corrected chi connectivity index (χ0v) is 9.85. The van der Waals surface area contributed by atoms with E-state index in [1.807, 2.05) is 30.3 Å². The molecule has 0 unspecified atom stereocenters. The second-order valence-corrected chi connectivity index (χ2v) is 3.93. The number of benzene rings is 1. The van der Waals surface area contributed by atoms with Gasteiger partial charge >= 0.3 is 0 Å². The first-order valence-corrected chi connectivity index (χ1v) is 5.68. The minimum Gasteiger partial charge on any atom is -0.385 e. The molecule has 1 aromatic heterocycles. The Morgan fingerprint density at radius 3 is 3.06 bits per heavy atom. The topological polar surface area (TPSA) is 39.2 Å². The quantitative estimate of drug-likeness (QED) is 0.584. The molecule has 0 spiro atoms. The van der Waals surface area contributed by atoms with Gasteiger partial charge in [0.2, 0.25) is 0 Å². The number of fused-ring (bicyclic) bond motifs is 1. The number of ketones is 1. The Hall–Kier alpha value is -1.74. The molecule has 1 heterocycles. The second kappa shape index (κ2) is 5.55. The van der Waals surface area contributed by atoms with E-state index < -0.39 is 0 Å². The van der Waals surface area contributed by atoms with Crippen LogP contribution in [0.3, 0.4) is 0 Å². The third kappa shape index (κ3) is 2.88. The molecule has 0 saturated carbocycles. The fraction of sp³-hybridized carbons (Fsp3) is 0.286. The van der Waals surface area contributed by atoms with Crippen molar-refractivity contribution in [2.75, 3.05) is 13.7 Å². The molecule has 0 aliphatic heterocycles. The number of pyridine rings is 1. The Labute approximate surface area is 100 Å². The normalized spacial score (nSPS) is 10.6. The van der Waals surface area contributed by atoms with Crippen LogP contribution in [0.15, 0.2) is 36.5 Å². The van der Waals surface area contributed by atoms with Gasteiger partial charge in [-0.2, -0.15) is 0 Å². The van der Waals surface area contributed by atoms with Crippen molar-refractivity contribution in [2.45, 2.75) is 12.8 Å². The number of rotatable bonds is 5. The van der Waals surface area contributed by atoms with Crippen molar-refractivity contribution < 1.29 is 9.53 Å². The van der Waals surface area contributed by atoms with Crippen molar-refractivity contribution in [3.63, 3.8) is 0 Å². The summed E-state index contributed by atoms with van der Waals surface area (Å²) in [6.45, 7) is 0.626. The molecule has 0 atom stereocenters. The van der Waals surface area contributed by atoms with Crippen LogP contribution in [0.4, 0.5) is 0 Å². The number of Topliss-reactive ketones (excluding diaryl/α,β-unsaturated/α-hetero) is 1. The van der Waals surface area contributed by atoms with E-state index >= 15 is 0 Å². The van der Waals surface area contributed by atoms with Crippen LogP contribution in [0.2, 0.25) is 0 Å². The van der Waals surface area contributed by atoms with E-state index in [0.717, 1.165) is 22.9 Å². The Bertz CT molecular complexity index is 522. The summed E-state index contributed by atoms with van der Waals surface area (Å²) in [5, 5.41) is 1.00. The molecule has 0 amide bonds. The van der Waals surface area contributed by atoms with Gasteiger partial charge in [-0.05, 0) is 30.7 Å². The van der Waals surface area contributed by atoms with Crippen molar-refractivity contribution in [2.24, 2.45) is 0 Å². The van der Waals surface area contributed by atoms with Crippen molar-refractivity contribution in [3.05, 3.63) is 42.1 Å². The van der Waals surface area contributed by atoms with Gasteiger partial charge in [0, 0.05) is 37.3 Å². The average Bonchev–Trinajstić information content (AvgIpc) is 2.38. The Balaban J connectivity index is 2.15. The molecule has 0 saturated heterocycles. The van der Waals surface area contributed by atoms with Gasteiger partial charge in [-0.15, -0.1) is 0 Å². The molecule has 88 valence electrons. The van der Waals surface area contributed by atoms with E-state index in [-0.39, 0.29) is 5.78 Å². The van der Waals surface area contributed by atoms with E-state index in [4.69, 9.17) is 4.74 Å². The number of hydrogen-bond acceptors (Lipinski definition) is 3. The maximum Gasteiger partial charge on any atom is 0.162 e. The van der Waals surface area contributed by atoms with Gasteiger partial charge in [0.25, 0.3) is 0 Å². The van der Waals surface area contributed by atoms with Gasteiger partial charge in [-0.25, -0.2) is 0 Å². The lowest BCUT2D eigenvalue weighted by Crippen LogP contribution is -2.01. The van der Waals surface area contributed by atoms with Gasteiger partial charge in [0.15, 0.2) is 5.78 Å². The molecule has 0 bridgehead atoms. The molecule has 1 aromatic carbocycles. The molecule has 0 aliphatic rings. The largest absolute Gasteiger partial charge is 0.385 e. The summed E-state index contributed by atoms with van der Waals surface area (Å²) in [6.07, 6.45) is 3.04. The number of methoxy groups -OCH3 is 1. The summed E-state index contributed by atoms with van der Waals surface area (Å²) in [4.78, 5) is 16.1. The number of carbonyl (C=O) groups excluding carboxylic acids is 1. The number of nitrogens with zero attached hydrogens (tertiary/aromatic N) is 1. The molecule has 0 radical (unpaired) electrons. The fourth-order valence-electron chi connectivity index (χ4n) is 1.77. The van der Waals surface area contributed by atoms with Crippen LogP contribution in [-0.4, -0.2) is 24.5 Å². The molecular weight excluding hydrogens is 214 g/mol. The number of carbonyl (C=O) groups is 1. The number of ether oxygens (including phenoxy) is 1. The van der Waals surface area contributed by atoms with Crippen molar-refractivity contribution in [1.29, 1.82) is 0 Å². The molecule has 3 heteroatoms. The highest BCUT2D eigenvalue weighted by molar-refractivity contribution is 5.99. The van der Waals surface area contributed by atoms with Gasteiger partial charge in [0.1, 0.15) is 0 Å². The van der Waals surface area contributed by atoms with Crippen LogP contribution in [0.5, 0.6) is 0 Å². The third-order valence-corrected chi connectivity index (χ3v) is 2.68. The van der Waals surface area contributed by atoms with Crippen LogP contribution in [0.25, 0.3) is 10.9 Å². The van der Waals surface area contributed by atoms with Crippen molar-refractivity contribution in [3.8, 4) is 0 Å². The first-order chi connectivity index (χ1) is 8.31. The maximum atomic E-state index is 11.9. The second-order valence-electron chi connectivity index (χ2n) is 3.93. The van der Waals surface area contributed by atoms with Crippen molar-refractivity contribution in [1.82, 2.24) is 4.98 Å². The van der Waals surface area contributed by atoms with E-state index in [1.165, 1.54) is 0 Å². The number of aromatic nitrogens is 1. The Morgan fingerprint density at radius 2 is 2.24 bits per heavy atom. The van der Waals surface area contributed by atoms with Crippen LogP contribution >= 0.6 is 0 Å². The van der Waals surface area contributed by atoms with Gasteiger partial charge in [-0.3, -0.25) is 9.78 Å². The maximum absolute atomic E-state index is 11.9. The van der Waals surface area contributed by atoms with E-state index in [0.29, 0.717) is 13.0 Å². The minimum absolute atomic E-state index is 0.160. The SMILES string of the molecule is COCCCC(=O)c1ccc2ncccc2c1. The molecular formula is C14H15NO2. The molecule has 2 rings (SSSR count). The summed E-state index contributed by atoms with van der Waals surface area (Å²) in [5.41, 5.74) is 1.67. The summed E-state index contributed by atoms with van der Waals surface area (Å²) in [5.74, 6) is 0.160. The lowest BCUT2D eigenvalue weighted by molar-refractivity contribution is 0.0963. The van der Waals surface area contributed by atoms with Crippen LogP contribution in [-0.2, 0) is 4.74 Å². The smallest absolute Gasteiger partial charge is 0.162 e. The predicted molar refractivity (Wildman–Crippen MR) is 67.2 cm³/mol. The summed E-state index contributed by atoms with van der Waals surface area (Å²) in [6, 6.07) is 9.47. The first kappa shape index (κ1) is 11.7. The third-order valence-electron chi connectivity index (χ3n) is 2.68. The van der Waals surface area contributed by atoms with Gasteiger partial charge < -0.3 is 4.74 Å². The van der Waals surface area contributed by atoms with E-state index in [9.17, 15) is 4.79 Å². The molecule has 0 N–H and O–H groups in total. The van der Waals surface area contributed by atoms with Crippen LogP contribution in [0, 0.1) is 0 Å². The monoisotopic (exact) mass is 229 g/mol. The number of hydrogen-bond donors (Lipinski definition) is 0. The Kier molecular flexibility index (Phi) is 3.83. The standard InChI is InChI=1S/C14H15NO2/c1-17-9-3-5-14(16)12-6-7-13-11(10-12)4-2-8-15-13/h2,4,6-8,10H,3,5,9H2,1H3. The predicted octanol–water partition coefficient (Wildman–Crippen LogP) is 2.84. The van der Waals surface area contributed by atoms with Gasteiger partial charge in [0.05, 0.1) is 5.52 Å². The van der Waals surface area contributed by atoms with Gasteiger partial charge in [-0.1, -0.05) is 6.07 Å². The highest BCUT2D eigenvalue weighted by atomic mass is 16.5. The highest BCUT2D eigenvalue weighted by Crippen LogP contribution is 2.15. The van der Waals surface area contributed by atoms with Crippen LogP contribution < -0.4 is 0 Å². The summed E-state index contributed by atoms with van der Waals surface area (Å²) in [7, 11) is 1.65. The summed E-state index contributed by atoms with van der Waals surface area (Å²) >= 11 is 0. The lowest BCUT2D eigenvalue weighted by Gasteiger charge is -2.02. The lowest BCUT2D eigenvalue weighted by atomic mass is 10.0. The zero-order chi connectivity index (χ0) is 12.1. The molecule has 17 heavy (non-hydrogen) atoms. The average molecular weight is 229 g/mol. The van der Waals surface area contributed by atoms with Crippen LogP contribution in [0.1, 0.15) is 23.2 Å². The molecule has 3 nitrogen and oxygen atoms in total. The fourth-order valence-corrected chi connectivity index (χ4v) is 1.77. The minimum atomic E-state index is 0.160.